The van der Waals surface area contributed by atoms with Crippen molar-refractivity contribution in [1.82, 2.24) is 9.88 Å². The topological polar surface area (TPSA) is 59.2 Å². The van der Waals surface area contributed by atoms with Crippen LogP contribution in [0.5, 0.6) is 0 Å². The first kappa shape index (κ1) is 19.3. The number of amides is 1. The third kappa shape index (κ3) is 6.01. The normalized spacial score (nSPS) is 10.7. The van der Waals surface area contributed by atoms with E-state index in [1.165, 1.54) is 11.1 Å². The maximum Gasteiger partial charge on any atom is 0.228 e. The van der Waals surface area contributed by atoms with Gasteiger partial charge in [-0.05, 0) is 17.5 Å². The molecule has 0 spiro atoms. The van der Waals surface area contributed by atoms with Crippen molar-refractivity contribution in [1.29, 1.82) is 0 Å². The number of carbonyl (C=O) groups is 1. The van der Waals surface area contributed by atoms with Crippen LogP contribution < -0.4 is 5.73 Å². The van der Waals surface area contributed by atoms with Crippen molar-refractivity contribution < 1.29 is 4.79 Å². The second kappa shape index (κ2) is 10.00. The van der Waals surface area contributed by atoms with Crippen molar-refractivity contribution >= 4 is 17.2 Å². The molecule has 3 aromatic rings. The van der Waals surface area contributed by atoms with Crippen molar-refractivity contribution in [3.8, 4) is 0 Å². The Morgan fingerprint density at radius 1 is 0.963 bits per heavy atom. The molecule has 0 atom stereocenters. The van der Waals surface area contributed by atoms with Crippen LogP contribution in [0.2, 0.25) is 0 Å². The fraction of sp³-hybridized carbons (Fsp3) is 0.273. The molecule has 0 saturated carbocycles. The molecule has 0 aliphatic carbocycles. The molecule has 5 heteroatoms. The van der Waals surface area contributed by atoms with Crippen LogP contribution in [0, 0.1) is 0 Å². The number of thiazole rings is 1. The van der Waals surface area contributed by atoms with E-state index < -0.39 is 0 Å². The molecule has 0 aliphatic rings. The predicted octanol–water partition coefficient (Wildman–Crippen LogP) is 3.31. The zero-order chi connectivity index (χ0) is 18.9. The van der Waals surface area contributed by atoms with Crippen LogP contribution in [0.4, 0.5) is 0 Å². The highest BCUT2D eigenvalue weighted by molar-refractivity contribution is 7.09. The summed E-state index contributed by atoms with van der Waals surface area (Å²) in [6.07, 6.45) is 1.98. The van der Waals surface area contributed by atoms with Crippen molar-refractivity contribution in [2.75, 3.05) is 19.6 Å². The minimum Gasteiger partial charge on any atom is -0.341 e. The lowest BCUT2D eigenvalue weighted by Gasteiger charge is -2.21. The number of carbonyl (C=O) groups excluding carboxylic acids is 1. The highest BCUT2D eigenvalue weighted by atomic mass is 32.1. The van der Waals surface area contributed by atoms with E-state index in [9.17, 15) is 4.79 Å². The van der Waals surface area contributed by atoms with Gasteiger partial charge in [-0.1, -0.05) is 60.7 Å². The Balaban J connectivity index is 1.57. The SMILES string of the molecule is NCCN(CCc1ccccc1)C(=O)Cc1csc(Cc2ccccc2)n1. The minimum absolute atomic E-state index is 0.0907. The number of nitrogens with two attached hydrogens (primary N) is 1. The van der Waals surface area contributed by atoms with E-state index in [0.717, 1.165) is 23.5 Å². The highest BCUT2D eigenvalue weighted by Gasteiger charge is 2.15. The van der Waals surface area contributed by atoms with E-state index >= 15 is 0 Å². The molecule has 1 aromatic heterocycles. The van der Waals surface area contributed by atoms with Crippen molar-refractivity contribution in [2.24, 2.45) is 5.73 Å². The summed E-state index contributed by atoms with van der Waals surface area (Å²) in [6.45, 7) is 1.73. The number of benzene rings is 2. The number of hydrogen-bond donors (Lipinski definition) is 1. The molecule has 0 radical (unpaired) electrons. The van der Waals surface area contributed by atoms with Crippen LogP contribution in [0.15, 0.2) is 66.0 Å². The fourth-order valence-corrected chi connectivity index (χ4v) is 3.80. The third-order valence-electron chi connectivity index (χ3n) is 4.39. The second-order valence-corrected chi connectivity index (χ2v) is 7.42. The monoisotopic (exact) mass is 379 g/mol. The van der Waals surface area contributed by atoms with E-state index in [4.69, 9.17) is 5.73 Å². The van der Waals surface area contributed by atoms with Crippen molar-refractivity contribution in [3.63, 3.8) is 0 Å². The molecular weight excluding hydrogens is 354 g/mol. The fourth-order valence-electron chi connectivity index (χ4n) is 2.97. The molecule has 0 aliphatic heterocycles. The summed E-state index contributed by atoms with van der Waals surface area (Å²) in [6, 6.07) is 20.5. The summed E-state index contributed by atoms with van der Waals surface area (Å²) in [5.41, 5.74) is 9.02. The van der Waals surface area contributed by atoms with E-state index in [-0.39, 0.29) is 5.91 Å². The summed E-state index contributed by atoms with van der Waals surface area (Å²) >= 11 is 1.62. The van der Waals surface area contributed by atoms with Gasteiger partial charge in [0.25, 0.3) is 0 Å². The van der Waals surface area contributed by atoms with Crippen molar-refractivity contribution in [3.05, 3.63) is 87.9 Å². The van der Waals surface area contributed by atoms with Crippen molar-refractivity contribution in [2.45, 2.75) is 19.3 Å². The third-order valence-corrected chi connectivity index (χ3v) is 5.29. The van der Waals surface area contributed by atoms with Gasteiger partial charge in [0.1, 0.15) is 0 Å². The zero-order valence-corrected chi connectivity index (χ0v) is 16.2. The standard InChI is InChI=1S/C22H25N3OS/c23-12-14-25(13-11-18-7-3-1-4-8-18)22(26)16-20-17-27-21(24-20)15-19-9-5-2-6-10-19/h1-10,17H,11-16,23H2. The second-order valence-electron chi connectivity index (χ2n) is 6.48. The lowest BCUT2D eigenvalue weighted by atomic mass is 10.1. The number of aromatic nitrogens is 1. The predicted molar refractivity (Wildman–Crippen MR) is 111 cm³/mol. The van der Waals surface area contributed by atoms with E-state index in [1.54, 1.807) is 11.3 Å². The summed E-state index contributed by atoms with van der Waals surface area (Å²) in [7, 11) is 0. The molecule has 27 heavy (non-hydrogen) atoms. The summed E-state index contributed by atoms with van der Waals surface area (Å²) in [5, 5.41) is 3.03. The largest absolute Gasteiger partial charge is 0.341 e. The number of nitrogens with zero attached hydrogens (tertiary/aromatic N) is 2. The molecule has 0 saturated heterocycles. The molecule has 2 aromatic carbocycles. The first-order chi connectivity index (χ1) is 13.2. The van der Waals surface area contributed by atoms with E-state index in [2.05, 4.69) is 29.2 Å². The van der Waals surface area contributed by atoms with Gasteiger partial charge in [-0.25, -0.2) is 4.98 Å². The molecule has 0 bridgehead atoms. The van der Waals surface area contributed by atoms with Gasteiger partial charge in [0.2, 0.25) is 5.91 Å². The van der Waals surface area contributed by atoms with Crippen LogP contribution in [0.25, 0.3) is 0 Å². The first-order valence-electron chi connectivity index (χ1n) is 9.23. The molecule has 1 amide bonds. The molecule has 4 nitrogen and oxygen atoms in total. The summed E-state index contributed by atoms with van der Waals surface area (Å²) in [4.78, 5) is 19.2. The summed E-state index contributed by atoms with van der Waals surface area (Å²) < 4.78 is 0. The van der Waals surface area contributed by atoms with Crippen LogP contribution in [-0.4, -0.2) is 35.4 Å². The minimum atomic E-state index is 0.0907. The quantitative estimate of drug-likeness (QED) is 0.620. The van der Waals surface area contributed by atoms with Gasteiger partial charge in [0.05, 0.1) is 17.1 Å². The molecule has 140 valence electrons. The van der Waals surface area contributed by atoms with Gasteiger partial charge < -0.3 is 10.6 Å². The van der Waals surface area contributed by atoms with Gasteiger partial charge in [-0.15, -0.1) is 11.3 Å². The van der Waals surface area contributed by atoms with Gasteiger partial charge in [0, 0.05) is 31.4 Å². The average Bonchev–Trinajstić information content (AvgIpc) is 3.13. The molecule has 2 N–H and O–H groups in total. The number of hydrogen-bond acceptors (Lipinski definition) is 4. The van der Waals surface area contributed by atoms with Gasteiger partial charge >= 0.3 is 0 Å². The smallest absolute Gasteiger partial charge is 0.228 e. The summed E-state index contributed by atoms with van der Waals surface area (Å²) in [5.74, 6) is 0.0907. The zero-order valence-electron chi connectivity index (χ0n) is 15.4. The Bertz CT molecular complexity index is 833. The Hall–Kier alpha value is -2.50. The Labute approximate surface area is 164 Å². The van der Waals surface area contributed by atoms with E-state index in [0.29, 0.717) is 26.1 Å². The molecular formula is C22H25N3OS. The van der Waals surface area contributed by atoms with Crippen LogP contribution in [0.1, 0.15) is 21.8 Å². The lowest BCUT2D eigenvalue weighted by Crippen LogP contribution is -2.37. The average molecular weight is 380 g/mol. The highest BCUT2D eigenvalue weighted by Crippen LogP contribution is 2.16. The molecule has 0 unspecified atom stereocenters. The Morgan fingerprint density at radius 3 is 2.30 bits per heavy atom. The van der Waals surface area contributed by atoms with Gasteiger partial charge in [-0.2, -0.15) is 0 Å². The molecule has 1 heterocycles. The van der Waals surface area contributed by atoms with Crippen LogP contribution in [0.3, 0.4) is 0 Å². The lowest BCUT2D eigenvalue weighted by molar-refractivity contribution is -0.130. The maximum absolute atomic E-state index is 12.7. The molecule has 3 rings (SSSR count). The van der Waals surface area contributed by atoms with Gasteiger partial charge in [0.15, 0.2) is 0 Å². The van der Waals surface area contributed by atoms with E-state index in [1.807, 2.05) is 46.7 Å². The van der Waals surface area contributed by atoms with Crippen LogP contribution >= 0.6 is 11.3 Å². The number of rotatable bonds is 9. The Morgan fingerprint density at radius 2 is 1.63 bits per heavy atom. The molecule has 0 fully saturated rings. The maximum atomic E-state index is 12.7. The van der Waals surface area contributed by atoms with Gasteiger partial charge in [-0.3, -0.25) is 4.79 Å². The van der Waals surface area contributed by atoms with Crippen LogP contribution in [-0.2, 0) is 24.1 Å². The first-order valence-corrected chi connectivity index (χ1v) is 10.1. The Kier molecular flexibility index (Phi) is 7.13.